The molecule has 1 heterocycles. The van der Waals surface area contributed by atoms with Crippen LogP contribution in [0.5, 0.6) is 5.75 Å². The molecule has 3 aromatic carbocycles. The Bertz CT molecular complexity index is 1290. The summed E-state index contributed by atoms with van der Waals surface area (Å²) in [5.74, 6) is -2.54. The molecule has 0 N–H and O–H groups in total. The van der Waals surface area contributed by atoms with Gasteiger partial charge in [-0.2, -0.15) is 21.6 Å². The Labute approximate surface area is 188 Å². The molecule has 3 aromatic rings. The predicted octanol–water partition coefficient (Wildman–Crippen LogP) is 4.87. The second-order valence-corrected chi connectivity index (χ2v) is 8.80. The van der Waals surface area contributed by atoms with Crippen molar-refractivity contribution in [2.24, 2.45) is 0 Å². The van der Waals surface area contributed by atoms with E-state index >= 15 is 0 Å². The van der Waals surface area contributed by atoms with E-state index in [4.69, 9.17) is 4.74 Å². The second kappa shape index (κ2) is 8.43. The molecule has 0 amide bonds. The minimum absolute atomic E-state index is 0.0215. The Morgan fingerprint density at radius 1 is 0.939 bits per heavy atom. The highest BCUT2D eigenvalue weighted by Gasteiger charge is 2.49. The third-order valence-electron chi connectivity index (χ3n) is 5.26. The van der Waals surface area contributed by atoms with Gasteiger partial charge in [-0.15, -0.1) is 0 Å². The van der Waals surface area contributed by atoms with Crippen molar-refractivity contribution in [2.75, 3.05) is 12.0 Å². The first-order valence-electron chi connectivity index (χ1n) is 9.76. The fourth-order valence-electron chi connectivity index (χ4n) is 3.86. The summed E-state index contributed by atoms with van der Waals surface area (Å²) >= 11 is 0. The molecule has 6 nitrogen and oxygen atoms in total. The van der Waals surface area contributed by atoms with Crippen molar-refractivity contribution >= 4 is 27.5 Å². The molecule has 10 heteroatoms. The molecule has 0 bridgehead atoms. The van der Waals surface area contributed by atoms with E-state index in [0.717, 1.165) is 18.7 Å². The van der Waals surface area contributed by atoms with Crippen LogP contribution in [-0.4, -0.2) is 27.0 Å². The van der Waals surface area contributed by atoms with E-state index in [1.54, 1.807) is 35.2 Å². The van der Waals surface area contributed by atoms with Gasteiger partial charge >= 0.3 is 21.6 Å². The van der Waals surface area contributed by atoms with Crippen molar-refractivity contribution in [1.29, 1.82) is 0 Å². The molecule has 0 spiro atoms. The van der Waals surface area contributed by atoms with Gasteiger partial charge in [0.2, 0.25) is 0 Å². The van der Waals surface area contributed by atoms with Crippen molar-refractivity contribution in [3.63, 3.8) is 0 Å². The average molecular weight is 477 g/mol. The largest absolute Gasteiger partial charge is 0.534 e. The van der Waals surface area contributed by atoms with Crippen molar-refractivity contribution in [2.45, 2.75) is 18.0 Å². The van der Waals surface area contributed by atoms with E-state index in [2.05, 4.69) is 4.18 Å². The van der Waals surface area contributed by atoms with E-state index < -0.39 is 33.3 Å². The highest BCUT2D eigenvalue weighted by molar-refractivity contribution is 7.88. The van der Waals surface area contributed by atoms with Crippen LogP contribution < -0.4 is 9.08 Å². The number of benzene rings is 3. The maximum absolute atomic E-state index is 13.1. The summed E-state index contributed by atoms with van der Waals surface area (Å²) in [4.78, 5) is 14.6. The summed E-state index contributed by atoms with van der Waals surface area (Å²) in [5.41, 5.74) is -3.33. The molecule has 1 atom stereocenters. The smallest absolute Gasteiger partial charge is 0.468 e. The number of methoxy groups -OCH3 is 1. The van der Waals surface area contributed by atoms with Crippen molar-refractivity contribution < 1.29 is 35.3 Å². The molecule has 0 fully saturated rings. The molecule has 0 saturated carbocycles. The van der Waals surface area contributed by atoms with Crippen LogP contribution in [0.2, 0.25) is 0 Å². The van der Waals surface area contributed by atoms with Gasteiger partial charge in [0.1, 0.15) is 11.7 Å². The first kappa shape index (κ1) is 22.7. The third kappa shape index (κ3) is 4.13. The van der Waals surface area contributed by atoms with Crippen LogP contribution in [0.3, 0.4) is 0 Å². The number of anilines is 2. The molecule has 4 rings (SSSR count). The zero-order valence-electron chi connectivity index (χ0n) is 17.2. The van der Waals surface area contributed by atoms with Crippen molar-refractivity contribution in [3.05, 3.63) is 89.5 Å². The zero-order chi connectivity index (χ0) is 23.8. The van der Waals surface area contributed by atoms with Gasteiger partial charge in [-0.1, -0.05) is 54.6 Å². The predicted molar refractivity (Wildman–Crippen MR) is 115 cm³/mol. The summed E-state index contributed by atoms with van der Waals surface area (Å²) in [6, 6.07) is 20.2. The lowest BCUT2D eigenvalue weighted by Gasteiger charge is -2.37. The molecule has 0 saturated heterocycles. The third-order valence-corrected chi connectivity index (χ3v) is 6.23. The van der Waals surface area contributed by atoms with Gasteiger partial charge in [0.05, 0.1) is 7.11 Å². The van der Waals surface area contributed by atoms with Crippen LogP contribution in [0, 0.1) is 0 Å². The average Bonchev–Trinajstić information content (AvgIpc) is 2.78. The van der Waals surface area contributed by atoms with Crippen LogP contribution in [0.4, 0.5) is 24.5 Å². The lowest BCUT2D eigenvalue weighted by atomic mass is 9.84. The number of halogens is 3. The SMILES string of the molecule is COC(=O)C1c2ccccc2N(Cc2ccccc2)c2cccc(OS(=O)(=O)C(F)(F)F)c21. The zero-order valence-corrected chi connectivity index (χ0v) is 18.1. The van der Waals surface area contributed by atoms with E-state index in [1.807, 2.05) is 30.3 Å². The summed E-state index contributed by atoms with van der Waals surface area (Å²) in [5, 5.41) is 0. The lowest BCUT2D eigenvalue weighted by Crippen LogP contribution is -2.32. The van der Waals surface area contributed by atoms with Gasteiger partial charge in [0.15, 0.2) is 0 Å². The first-order valence-corrected chi connectivity index (χ1v) is 11.2. The minimum Gasteiger partial charge on any atom is -0.468 e. The number of rotatable bonds is 5. The van der Waals surface area contributed by atoms with E-state index in [-0.39, 0.29) is 5.56 Å². The quantitative estimate of drug-likeness (QED) is 0.297. The first-order chi connectivity index (χ1) is 15.6. The van der Waals surface area contributed by atoms with Gasteiger partial charge in [-0.05, 0) is 29.3 Å². The Morgan fingerprint density at radius 2 is 1.58 bits per heavy atom. The van der Waals surface area contributed by atoms with Crippen LogP contribution in [-0.2, 0) is 26.2 Å². The van der Waals surface area contributed by atoms with Crippen LogP contribution in [0.15, 0.2) is 72.8 Å². The number of fused-ring (bicyclic) bond motifs is 2. The van der Waals surface area contributed by atoms with Gasteiger partial charge < -0.3 is 13.8 Å². The van der Waals surface area contributed by atoms with Crippen molar-refractivity contribution in [1.82, 2.24) is 0 Å². The molecular formula is C23H18F3NO5S. The number of esters is 1. The van der Waals surface area contributed by atoms with Crippen LogP contribution in [0.1, 0.15) is 22.6 Å². The number of nitrogens with zero attached hydrogens (tertiary/aromatic N) is 1. The van der Waals surface area contributed by atoms with Gasteiger partial charge in [0, 0.05) is 23.5 Å². The molecule has 172 valence electrons. The maximum atomic E-state index is 13.1. The lowest BCUT2D eigenvalue weighted by molar-refractivity contribution is -0.141. The number of para-hydroxylation sites is 1. The number of carbonyl (C=O) groups excluding carboxylic acids is 1. The Kier molecular flexibility index (Phi) is 5.79. The normalized spacial score (nSPS) is 15.4. The van der Waals surface area contributed by atoms with E-state index in [0.29, 0.717) is 23.5 Å². The van der Waals surface area contributed by atoms with Gasteiger partial charge in [-0.25, -0.2) is 0 Å². The Hall–Kier alpha value is -3.53. The molecule has 1 aliphatic heterocycles. The summed E-state index contributed by atoms with van der Waals surface area (Å²) < 4.78 is 72.2. The Balaban J connectivity index is 1.94. The fourth-order valence-corrected chi connectivity index (χ4v) is 4.33. The molecule has 33 heavy (non-hydrogen) atoms. The Morgan fingerprint density at radius 3 is 2.24 bits per heavy atom. The second-order valence-electron chi connectivity index (χ2n) is 7.26. The molecule has 1 unspecified atom stereocenters. The van der Waals surface area contributed by atoms with Crippen LogP contribution in [0.25, 0.3) is 0 Å². The molecule has 0 aromatic heterocycles. The number of alkyl halides is 3. The number of hydrogen-bond acceptors (Lipinski definition) is 6. The van der Waals surface area contributed by atoms with Crippen molar-refractivity contribution in [3.8, 4) is 5.75 Å². The van der Waals surface area contributed by atoms with E-state index in [9.17, 15) is 26.4 Å². The monoisotopic (exact) mass is 477 g/mol. The number of hydrogen-bond donors (Lipinski definition) is 0. The van der Waals surface area contributed by atoms with Gasteiger partial charge in [0.25, 0.3) is 0 Å². The number of carbonyl (C=O) groups is 1. The topological polar surface area (TPSA) is 72.9 Å². The molecule has 1 aliphatic rings. The minimum atomic E-state index is -5.96. The molecule has 0 radical (unpaired) electrons. The number of ether oxygens (including phenoxy) is 1. The molecular weight excluding hydrogens is 459 g/mol. The fraction of sp³-hybridized carbons (Fsp3) is 0.174. The highest BCUT2D eigenvalue weighted by atomic mass is 32.2. The highest BCUT2D eigenvalue weighted by Crippen LogP contribution is 2.50. The van der Waals surface area contributed by atoms with Crippen LogP contribution >= 0.6 is 0 Å². The summed E-state index contributed by atoms with van der Waals surface area (Å²) in [7, 11) is -4.81. The summed E-state index contributed by atoms with van der Waals surface area (Å²) in [6.07, 6.45) is 0. The molecule has 0 aliphatic carbocycles. The maximum Gasteiger partial charge on any atom is 0.534 e. The standard InChI is InChI=1S/C23H18F3NO5S/c1-31-22(28)20-16-10-5-6-11-17(16)27(14-15-8-3-2-4-9-15)18-12-7-13-19(21(18)20)32-33(29,30)23(24,25)26/h2-13,20H,14H2,1H3. The van der Waals surface area contributed by atoms with Gasteiger partial charge in [-0.3, -0.25) is 4.79 Å². The summed E-state index contributed by atoms with van der Waals surface area (Å²) in [6.45, 7) is 0.314. The van der Waals surface area contributed by atoms with E-state index in [1.165, 1.54) is 6.07 Å².